The molecule has 0 fully saturated rings. The van der Waals surface area contributed by atoms with E-state index in [0.29, 0.717) is 12.3 Å². The number of halogens is 1. The van der Waals surface area contributed by atoms with E-state index in [2.05, 4.69) is 26.1 Å². The molecule has 0 unspecified atom stereocenters. The van der Waals surface area contributed by atoms with E-state index >= 15 is 0 Å². The molecule has 104 valence electrons. The van der Waals surface area contributed by atoms with Crippen molar-refractivity contribution in [1.82, 2.24) is 10.2 Å². The molecule has 2 N–H and O–H groups in total. The molecule has 0 saturated carbocycles. The number of nitrogens with one attached hydrogen (secondary N) is 2. The molecule has 0 radical (unpaired) electrons. The Labute approximate surface area is 123 Å². The highest BCUT2D eigenvalue weighted by atomic mass is 79.9. The van der Waals surface area contributed by atoms with E-state index in [1.54, 1.807) is 13.2 Å². The van der Waals surface area contributed by atoms with Crippen molar-refractivity contribution < 1.29 is 4.74 Å². The summed E-state index contributed by atoms with van der Waals surface area (Å²) in [6.45, 7) is 1.54. The van der Waals surface area contributed by atoms with Gasteiger partial charge in [-0.15, -0.1) is 0 Å². The van der Waals surface area contributed by atoms with Gasteiger partial charge in [0.1, 0.15) is 12.4 Å². The van der Waals surface area contributed by atoms with Crippen molar-refractivity contribution in [2.45, 2.75) is 0 Å². The van der Waals surface area contributed by atoms with Gasteiger partial charge in [-0.1, -0.05) is 0 Å². The second-order valence-corrected chi connectivity index (χ2v) is 5.19. The van der Waals surface area contributed by atoms with Crippen molar-refractivity contribution in [2.75, 3.05) is 34.3 Å². The van der Waals surface area contributed by atoms with Gasteiger partial charge < -0.3 is 15.0 Å². The van der Waals surface area contributed by atoms with Gasteiger partial charge in [-0.25, -0.2) is 0 Å². The maximum atomic E-state index is 8.00. The number of allylic oxidation sites excluding steroid dienone is 1. The Balaban J connectivity index is 2.61. The van der Waals surface area contributed by atoms with Crippen molar-refractivity contribution in [3.63, 3.8) is 0 Å². The molecular weight excluding hydrogens is 306 g/mol. The van der Waals surface area contributed by atoms with Crippen LogP contribution in [-0.4, -0.2) is 44.9 Å². The molecule has 0 aliphatic heterocycles. The lowest BCUT2D eigenvalue weighted by Crippen LogP contribution is -2.19. The van der Waals surface area contributed by atoms with Crippen molar-refractivity contribution >= 4 is 21.6 Å². The Kier molecular flexibility index (Phi) is 6.59. The Morgan fingerprint density at radius 1 is 1.37 bits per heavy atom. The van der Waals surface area contributed by atoms with Crippen LogP contribution < -0.4 is 10.1 Å². The van der Waals surface area contributed by atoms with Crippen LogP contribution in [0.1, 0.15) is 5.56 Å². The molecule has 0 aliphatic carbocycles. The van der Waals surface area contributed by atoms with E-state index in [0.717, 1.165) is 22.3 Å². The first-order valence-corrected chi connectivity index (χ1v) is 6.83. The van der Waals surface area contributed by atoms with Gasteiger partial charge in [-0.05, 0) is 54.3 Å². The second-order valence-electron chi connectivity index (χ2n) is 4.33. The van der Waals surface area contributed by atoms with Crippen LogP contribution in [-0.2, 0) is 0 Å². The van der Waals surface area contributed by atoms with Gasteiger partial charge in [0.15, 0.2) is 0 Å². The zero-order valence-electron chi connectivity index (χ0n) is 11.5. The van der Waals surface area contributed by atoms with Gasteiger partial charge in [0.2, 0.25) is 0 Å². The quantitative estimate of drug-likeness (QED) is 0.757. The smallest absolute Gasteiger partial charge is 0.119 e. The summed E-state index contributed by atoms with van der Waals surface area (Å²) in [5.74, 6) is 0.826. The average molecular weight is 326 g/mol. The fourth-order valence-electron chi connectivity index (χ4n) is 1.40. The molecule has 1 aromatic carbocycles. The van der Waals surface area contributed by atoms with E-state index in [4.69, 9.17) is 10.1 Å². The fraction of sp³-hybridized carbons (Fsp3) is 0.357. The zero-order valence-corrected chi connectivity index (χ0v) is 13.1. The molecule has 0 atom stereocenters. The van der Waals surface area contributed by atoms with Crippen LogP contribution in [0.15, 0.2) is 34.9 Å². The minimum atomic E-state index is 0.439. The van der Waals surface area contributed by atoms with Crippen molar-refractivity contribution in [3.05, 3.63) is 40.5 Å². The third-order valence-electron chi connectivity index (χ3n) is 2.46. The maximum absolute atomic E-state index is 8.00. The molecule has 5 heteroatoms. The van der Waals surface area contributed by atoms with Gasteiger partial charge in [-0.2, -0.15) is 0 Å². The number of benzene rings is 1. The number of rotatable bonds is 7. The van der Waals surface area contributed by atoms with Gasteiger partial charge in [0.25, 0.3) is 0 Å². The summed E-state index contributed by atoms with van der Waals surface area (Å²) in [4.78, 5) is 2.07. The fourth-order valence-corrected chi connectivity index (χ4v) is 1.86. The van der Waals surface area contributed by atoms with Crippen molar-refractivity contribution in [2.24, 2.45) is 0 Å². The summed E-state index contributed by atoms with van der Waals surface area (Å²) in [5, 5.41) is 10.9. The minimum Gasteiger partial charge on any atom is -0.492 e. The van der Waals surface area contributed by atoms with Gasteiger partial charge in [0, 0.05) is 25.4 Å². The number of likely N-dealkylation sites (N-methyl/N-ethyl adjacent to an activating group) is 1. The molecule has 0 bridgehead atoms. The molecule has 19 heavy (non-hydrogen) atoms. The molecule has 0 aliphatic rings. The average Bonchev–Trinajstić information content (AvgIpc) is 2.38. The van der Waals surface area contributed by atoms with Crippen LogP contribution in [0.25, 0.3) is 0 Å². The Morgan fingerprint density at radius 2 is 2.00 bits per heavy atom. The standard InChI is InChI=1S/C14H20BrN3O/c1-17-10-13(15)14(16)11-4-6-12(7-5-11)19-9-8-18(2)3/h4-7,10,16-17H,8-9H2,1-3H3/b13-10+,16-14?. The van der Waals surface area contributed by atoms with Crippen LogP contribution in [0.4, 0.5) is 0 Å². The molecular formula is C14H20BrN3O. The topological polar surface area (TPSA) is 48.4 Å². The summed E-state index contributed by atoms with van der Waals surface area (Å²) in [7, 11) is 5.83. The Hall–Kier alpha value is -1.33. The number of hydrogen-bond acceptors (Lipinski definition) is 4. The van der Waals surface area contributed by atoms with E-state index in [1.165, 1.54) is 0 Å². The summed E-state index contributed by atoms with van der Waals surface area (Å²) >= 11 is 3.35. The highest BCUT2D eigenvalue weighted by molar-refractivity contribution is 9.12. The van der Waals surface area contributed by atoms with Crippen LogP contribution in [0.5, 0.6) is 5.75 Å². The second kappa shape index (κ2) is 7.96. The molecule has 0 aromatic heterocycles. The predicted molar refractivity (Wildman–Crippen MR) is 83.4 cm³/mol. The van der Waals surface area contributed by atoms with E-state index in [9.17, 15) is 0 Å². The lowest BCUT2D eigenvalue weighted by Gasteiger charge is -2.11. The third-order valence-corrected chi connectivity index (χ3v) is 3.09. The third kappa shape index (κ3) is 5.44. The lowest BCUT2D eigenvalue weighted by molar-refractivity contribution is 0.261. The van der Waals surface area contributed by atoms with E-state index < -0.39 is 0 Å². The Bertz CT molecular complexity index is 441. The SMILES string of the molecule is CN/C=C(/Br)C(=N)c1ccc(OCCN(C)C)cc1. The van der Waals surface area contributed by atoms with Crippen molar-refractivity contribution in [3.8, 4) is 5.75 Å². The number of nitrogens with zero attached hydrogens (tertiary/aromatic N) is 1. The largest absolute Gasteiger partial charge is 0.492 e. The highest BCUT2D eigenvalue weighted by Crippen LogP contribution is 2.17. The zero-order chi connectivity index (χ0) is 14.3. The van der Waals surface area contributed by atoms with Gasteiger partial charge in [-0.3, -0.25) is 5.41 Å². The molecule has 1 aromatic rings. The molecule has 1 rings (SSSR count). The van der Waals surface area contributed by atoms with E-state index in [-0.39, 0.29) is 0 Å². The summed E-state index contributed by atoms with van der Waals surface area (Å²) in [6, 6.07) is 7.55. The maximum Gasteiger partial charge on any atom is 0.119 e. The minimum absolute atomic E-state index is 0.439. The normalized spacial score (nSPS) is 11.5. The number of ether oxygens (including phenoxy) is 1. The lowest BCUT2D eigenvalue weighted by atomic mass is 10.1. The van der Waals surface area contributed by atoms with Crippen molar-refractivity contribution in [1.29, 1.82) is 5.41 Å². The monoisotopic (exact) mass is 325 g/mol. The van der Waals surface area contributed by atoms with Crippen LogP contribution in [0, 0.1) is 5.41 Å². The molecule has 0 heterocycles. The van der Waals surface area contributed by atoms with E-state index in [1.807, 2.05) is 38.4 Å². The molecule has 4 nitrogen and oxygen atoms in total. The summed E-state index contributed by atoms with van der Waals surface area (Å²) < 4.78 is 6.33. The van der Waals surface area contributed by atoms with Gasteiger partial charge >= 0.3 is 0 Å². The van der Waals surface area contributed by atoms with Crippen LogP contribution in [0.2, 0.25) is 0 Å². The summed E-state index contributed by atoms with van der Waals surface area (Å²) in [6.07, 6.45) is 1.74. The van der Waals surface area contributed by atoms with Crippen LogP contribution >= 0.6 is 15.9 Å². The first kappa shape index (κ1) is 15.7. The molecule has 0 saturated heterocycles. The Morgan fingerprint density at radius 3 is 2.53 bits per heavy atom. The summed E-state index contributed by atoms with van der Waals surface area (Å²) in [5.41, 5.74) is 1.28. The number of hydrogen-bond donors (Lipinski definition) is 2. The first-order valence-electron chi connectivity index (χ1n) is 6.04. The first-order chi connectivity index (χ1) is 9.04. The van der Waals surface area contributed by atoms with Gasteiger partial charge in [0.05, 0.1) is 10.2 Å². The molecule has 0 amide bonds. The highest BCUT2D eigenvalue weighted by Gasteiger charge is 2.05. The molecule has 0 spiro atoms. The van der Waals surface area contributed by atoms with Crippen LogP contribution in [0.3, 0.4) is 0 Å². The predicted octanol–water partition coefficient (Wildman–Crippen LogP) is 2.45.